The molecule has 0 aliphatic rings. The second-order valence-corrected chi connectivity index (χ2v) is 6.49. The van der Waals surface area contributed by atoms with Gasteiger partial charge in [-0.15, -0.1) is 0 Å². The zero-order valence-corrected chi connectivity index (χ0v) is 16.4. The first kappa shape index (κ1) is 21.8. The Kier molecular flexibility index (Phi) is 7.27. The van der Waals surface area contributed by atoms with E-state index in [1.54, 1.807) is 24.3 Å². The Hall–Kier alpha value is -3.46. The standard InChI is InChI=1S/C19H18ClN3O6/c1-12-6-5-7-13(18(12)23(27)28)19(26)29-11-17(25)22(2)10-16(24)21-15-9-4-3-8-14(15)20/h3-9H,10-11H2,1-2H3,(H,21,24). The van der Waals surface area contributed by atoms with Gasteiger partial charge in [-0.1, -0.05) is 35.9 Å². The van der Waals surface area contributed by atoms with Crippen LogP contribution in [-0.4, -0.2) is 47.8 Å². The third-order valence-electron chi connectivity index (χ3n) is 3.92. The van der Waals surface area contributed by atoms with E-state index in [0.29, 0.717) is 16.3 Å². The van der Waals surface area contributed by atoms with Crippen LogP contribution in [0.3, 0.4) is 0 Å². The van der Waals surface area contributed by atoms with Crippen molar-refractivity contribution < 1.29 is 24.0 Å². The molecule has 2 aromatic rings. The zero-order valence-electron chi connectivity index (χ0n) is 15.7. The average molecular weight is 420 g/mol. The molecule has 1 N–H and O–H groups in total. The van der Waals surface area contributed by atoms with Crippen LogP contribution in [0.2, 0.25) is 5.02 Å². The van der Waals surface area contributed by atoms with E-state index in [1.807, 2.05) is 0 Å². The van der Waals surface area contributed by atoms with E-state index in [-0.39, 0.29) is 17.8 Å². The molecule has 2 aromatic carbocycles. The van der Waals surface area contributed by atoms with Gasteiger partial charge in [0.1, 0.15) is 5.56 Å². The lowest BCUT2D eigenvalue weighted by molar-refractivity contribution is -0.385. The van der Waals surface area contributed by atoms with Gasteiger partial charge in [0.25, 0.3) is 11.6 Å². The number of halogens is 1. The molecule has 0 unspecified atom stereocenters. The molecule has 2 rings (SSSR count). The first-order valence-corrected chi connectivity index (χ1v) is 8.78. The van der Waals surface area contributed by atoms with Gasteiger partial charge in [0, 0.05) is 12.6 Å². The number of carbonyl (C=O) groups is 3. The second kappa shape index (κ2) is 9.65. The average Bonchev–Trinajstić information content (AvgIpc) is 2.66. The molecule has 0 fully saturated rings. The van der Waals surface area contributed by atoms with Gasteiger partial charge in [0.2, 0.25) is 5.91 Å². The molecule has 2 amide bonds. The number of para-hydroxylation sites is 2. The van der Waals surface area contributed by atoms with Gasteiger partial charge in [0.15, 0.2) is 6.61 Å². The Morgan fingerprint density at radius 2 is 1.86 bits per heavy atom. The highest BCUT2D eigenvalue weighted by Gasteiger charge is 2.24. The Morgan fingerprint density at radius 3 is 2.52 bits per heavy atom. The third-order valence-corrected chi connectivity index (χ3v) is 4.25. The van der Waals surface area contributed by atoms with Crippen molar-refractivity contribution in [2.45, 2.75) is 6.92 Å². The summed E-state index contributed by atoms with van der Waals surface area (Å²) in [5.74, 6) is -2.14. The summed E-state index contributed by atoms with van der Waals surface area (Å²) in [7, 11) is 1.36. The molecule has 9 nitrogen and oxygen atoms in total. The maximum atomic E-state index is 12.2. The summed E-state index contributed by atoms with van der Waals surface area (Å²) in [5, 5.41) is 14.1. The minimum atomic E-state index is -0.998. The summed E-state index contributed by atoms with van der Waals surface area (Å²) >= 11 is 5.96. The predicted molar refractivity (Wildman–Crippen MR) is 106 cm³/mol. The van der Waals surface area contributed by atoms with E-state index in [2.05, 4.69) is 5.32 Å². The number of amides is 2. The van der Waals surface area contributed by atoms with Crippen LogP contribution >= 0.6 is 11.6 Å². The van der Waals surface area contributed by atoms with Crippen LogP contribution in [0.5, 0.6) is 0 Å². The molecule has 0 atom stereocenters. The lowest BCUT2D eigenvalue weighted by Gasteiger charge is -2.17. The van der Waals surface area contributed by atoms with Crippen LogP contribution in [0.15, 0.2) is 42.5 Å². The number of anilines is 1. The van der Waals surface area contributed by atoms with Crippen molar-refractivity contribution in [3.05, 3.63) is 68.7 Å². The van der Waals surface area contributed by atoms with Crippen LogP contribution in [0.1, 0.15) is 15.9 Å². The Bertz CT molecular complexity index is 963. The van der Waals surface area contributed by atoms with Crippen LogP contribution in [0.25, 0.3) is 0 Å². The molecule has 0 radical (unpaired) electrons. The molecule has 0 aromatic heterocycles. The maximum Gasteiger partial charge on any atom is 0.345 e. The molecule has 0 spiro atoms. The first-order valence-electron chi connectivity index (χ1n) is 8.40. The first-order chi connectivity index (χ1) is 13.7. The fourth-order valence-electron chi connectivity index (χ4n) is 2.44. The number of nitrogens with one attached hydrogen (secondary N) is 1. The summed E-state index contributed by atoms with van der Waals surface area (Å²) in [4.78, 5) is 47.9. The van der Waals surface area contributed by atoms with Gasteiger partial charge < -0.3 is 15.0 Å². The van der Waals surface area contributed by atoms with E-state index in [4.69, 9.17) is 16.3 Å². The van der Waals surface area contributed by atoms with Crippen LogP contribution in [0, 0.1) is 17.0 Å². The molecular formula is C19H18ClN3O6. The second-order valence-electron chi connectivity index (χ2n) is 6.08. The monoisotopic (exact) mass is 419 g/mol. The Balaban J connectivity index is 1.93. The number of esters is 1. The third kappa shape index (κ3) is 5.76. The number of benzene rings is 2. The SMILES string of the molecule is Cc1cccc(C(=O)OCC(=O)N(C)CC(=O)Nc2ccccc2Cl)c1[N+](=O)[O-]. The Labute approximate surface area is 171 Å². The van der Waals surface area contributed by atoms with E-state index >= 15 is 0 Å². The van der Waals surface area contributed by atoms with Crippen molar-refractivity contribution in [2.24, 2.45) is 0 Å². The minimum Gasteiger partial charge on any atom is -0.452 e. The van der Waals surface area contributed by atoms with E-state index in [1.165, 1.54) is 32.2 Å². The number of hydrogen-bond donors (Lipinski definition) is 1. The van der Waals surface area contributed by atoms with Gasteiger partial charge in [-0.05, 0) is 25.1 Å². The molecule has 29 heavy (non-hydrogen) atoms. The van der Waals surface area contributed by atoms with E-state index < -0.39 is 29.3 Å². The largest absolute Gasteiger partial charge is 0.452 e. The molecule has 0 aliphatic carbocycles. The van der Waals surface area contributed by atoms with Gasteiger partial charge >= 0.3 is 5.97 Å². The quantitative estimate of drug-likeness (QED) is 0.418. The van der Waals surface area contributed by atoms with E-state index in [0.717, 1.165) is 4.90 Å². The normalized spacial score (nSPS) is 10.2. The summed E-state index contributed by atoms with van der Waals surface area (Å²) < 4.78 is 4.89. The van der Waals surface area contributed by atoms with Crippen molar-refractivity contribution in [3.63, 3.8) is 0 Å². The molecule has 0 saturated carbocycles. The van der Waals surface area contributed by atoms with Crippen molar-refractivity contribution >= 4 is 40.8 Å². The van der Waals surface area contributed by atoms with Crippen LogP contribution in [0.4, 0.5) is 11.4 Å². The molecule has 0 bridgehead atoms. The topological polar surface area (TPSA) is 119 Å². The fraction of sp³-hybridized carbons (Fsp3) is 0.211. The smallest absolute Gasteiger partial charge is 0.345 e. The van der Waals surface area contributed by atoms with Crippen molar-refractivity contribution in [1.82, 2.24) is 4.90 Å². The zero-order chi connectivity index (χ0) is 21.6. The van der Waals surface area contributed by atoms with Gasteiger partial charge in [0.05, 0.1) is 22.2 Å². The number of carbonyl (C=O) groups excluding carboxylic acids is 3. The van der Waals surface area contributed by atoms with Crippen LogP contribution in [-0.2, 0) is 14.3 Å². The highest BCUT2D eigenvalue weighted by atomic mass is 35.5. The van der Waals surface area contributed by atoms with Crippen molar-refractivity contribution in [2.75, 3.05) is 25.5 Å². The number of hydrogen-bond acceptors (Lipinski definition) is 6. The summed E-state index contributed by atoms with van der Waals surface area (Å²) in [5.41, 5.74) is 0.0710. The summed E-state index contributed by atoms with van der Waals surface area (Å²) in [6.45, 7) is 0.525. The van der Waals surface area contributed by atoms with Crippen molar-refractivity contribution in [1.29, 1.82) is 0 Å². The predicted octanol–water partition coefficient (Wildman–Crippen LogP) is 2.81. The number of nitro benzene ring substituents is 1. The summed E-state index contributed by atoms with van der Waals surface area (Å²) in [6.07, 6.45) is 0. The molecule has 0 aliphatic heterocycles. The van der Waals surface area contributed by atoms with Gasteiger partial charge in [-0.3, -0.25) is 19.7 Å². The number of nitro groups is 1. The lowest BCUT2D eigenvalue weighted by Crippen LogP contribution is -2.37. The Morgan fingerprint density at radius 1 is 1.17 bits per heavy atom. The van der Waals surface area contributed by atoms with Gasteiger partial charge in [-0.2, -0.15) is 0 Å². The van der Waals surface area contributed by atoms with E-state index in [9.17, 15) is 24.5 Å². The molecule has 152 valence electrons. The summed E-state index contributed by atoms with van der Waals surface area (Å²) in [6, 6.07) is 10.8. The molecular weight excluding hydrogens is 402 g/mol. The highest BCUT2D eigenvalue weighted by Crippen LogP contribution is 2.23. The number of ether oxygens (including phenoxy) is 1. The fourth-order valence-corrected chi connectivity index (χ4v) is 2.62. The lowest BCUT2D eigenvalue weighted by atomic mass is 10.1. The van der Waals surface area contributed by atoms with Crippen LogP contribution < -0.4 is 5.32 Å². The van der Waals surface area contributed by atoms with Gasteiger partial charge in [-0.25, -0.2) is 4.79 Å². The number of rotatable bonds is 7. The number of aryl methyl sites for hydroxylation is 1. The highest BCUT2D eigenvalue weighted by molar-refractivity contribution is 6.33. The maximum absolute atomic E-state index is 12.2. The molecule has 0 heterocycles. The minimum absolute atomic E-state index is 0.248. The molecule has 10 heteroatoms. The number of nitrogens with zero attached hydrogens (tertiary/aromatic N) is 2. The molecule has 0 saturated heterocycles. The number of likely N-dealkylation sites (N-methyl/N-ethyl adjacent to an activating group) is 1. The van der Waals surface area contributed by atoms with Crippen molar-refractivity contribution in [3.8, 4) is 0 Å².